The molecule has 0 spiro atoms. The highest BCUT2D eigenvalue weighted by Gasteiger charge is 2.24. The highest BCUT2D eigenvalue weighted by Crippen LogP contribution is 2.36. The summed E-state index contributed by atoms with van der Waals surface area (Å²) in [4.78, 5) is 11.4. The van der Waals surface area contributed by atoms with E-state index in [4.69, 9.17) is 10.00 Å². The first-order valence-corrected chi connectivity index (χ1v) is 6.88. The van der Waals surface area contributed by atoms with E-state index in [9.17, 15) is 4.79 Å². The number of carbonyl (C=O) groups is 1. The van der Waals surface area contributed by atoms with E-state index in [0.717, 1.165) is 25.1 Å². The molecule has 1 aromatic carbocycles. The van der Waals surface area contributed by atoms with E-state index in [1.807, 2.05) is 18.2 Å². The molecular weight excluding hydrogens is 254 g/mol. The van der Waals surface area contributed by atoms with E-state index in [1.54, 1.807) is 0 Å². The Morgan fingerprint density at radius 2 is 2.40 bits per heavy atom. The summed E-state index contributed by atoms with van der Waals surface area (Å²) in [6, 6.07) is 8.20. The number of fused-ring (bicyclic) bond motifs is 1. The van der Waals surface area contributed by atoms with Crippen molar-refractivity contribution in [2.24, 2.45) is 0 Å². The van der Waals surface area contributed by atoms with Crippen molar-refractivity contribution in [3.8, 4) is 11.8 Å². The average Bonchev–Trinajstić information content (AvgIpc) is 2.87. The fourth-order valence-corrected chi connectivity index (χ4v) is 2.55. The minimum atomic E-state index is -0.273. The van der Waals surface area contributed by atoms with Gasteiger partial charge in [-0.1, -0.05) is 19.1 Å². The van der Waals surface area contributed by atoms with E-state index in [1.165, 1.54) is 11.1 Å². The second-order valence-corrected chi connectivity index (χ2v) is 4.70. The second kappa shape index (κ2) is 6.92. The van der Waals surface area contributed by atoms with Crippen LogP contribution in [0.3, 0.4) is 0 Å². The molecule has 0 aromatic heterocycles. The Morgan fingerprint density at radius 1 is 1.55 bits per heavy atom. The molecular formula is C15H19N3O2. The van der Waals surface area contributed by atoms with Crippen LogP contribution < -0.4 is 15.4 Å². The number of hydrogen-bond donors (Lipinski definition) is 2. The first kappa shape index (κ1) is 14.4. The third-order valence-corrected chi connectivity index (χ3v) is 3.40. The molecule has 5 heteroatoms. The van der Waals surface area contributed by atoms with E-state index >= 15 is 0 Å². The van der Waals surface area contributed by atoms with Crippen molar-refractivity contribution in [3.05, 3.63) is 29.3 Å². The monoisotopic (exact) mass is 273 g/mol. The summed E-state index contributed by atoms with van der Waals surface area (Å²) in [6.45, 7) is 2.99. The van der Waals surface area contributed by atoms with E-state index < -0.39 is 0 Å². The molecule has 5 nitrogen and oxygen atoms in total. The van der Waals surface area contributed by atoms with Crippen LogP contribution in [0, 0.1) is 11.3 Å². The second-order valence-electron chi connectivity index (χ2n) is 4.70. The van der Waals surface area contributed by atoms with Gasteiger partial charge in [-0.3, -0.25) is 4.79 Å². The van der Waals surface area contributed by atoms with Crippen molar-refractivity contribution in [3.63, 3.8) is 0 Å². The van der Waals surface area contributed by atoms with Crippen LogP contribution in [0.4, 0.5) is 0 Å². The van der Waals surface area contributed by atoms with Gasteiger partial charge in [-0.15, -0.1) is 0 Å². The molecule has 0 radical (unpaired) electrons. The van der Waals surface area contributed by atoms with Crippen molar-refractivity contribution in [2.75, 3.05) is 19.7 Å². The van der Waals surface area contributed by atoms with Crippen LogP contribution in [0.15, 0.2) is 18.2 Å². The van der Waals surface area contributed by atoms with Crippen LogP contribution >= 0.6 is 0 Å². The predicted octanol–water partition coefficient (Wildman–Crippen LogP) is 1.30. The van der Waals surface area contributed by atoms with Crippen LogP contribution in [0.5, 0.6) is 5.75 Å². The number of amides is 1. The molecule has 1 atom stereocenters. The summed E-state index contributed by atoms with van der Waals surface area (Å²) in [6.07, 6.45) is 2.02. The summed E-state index contributed by atoms with van der Waals surface area (Å²) < 4.78 is 5.58. The van der Waals surface area contributed by atoms with Crippen LogP contribution in [-0.4, -0.2) is 25.6 Å². The molecule has 20 heavy (non-hydrogen) atoms. The third-order valence-electron chi connectivity index (χ3n) is 3.40. The van der Waals surface area contributed by atoms with Gasteiger partial charge in [0, 0.05) is 6.04 Å². The van der Waals surface area contributed by atoms with E-state index in [2.05, 4.69) is 23.6 Å². The lowest BCUT2D eigenvalue weighted by molar-refractivity contribution is -0.122. The minimum absolute atomic E-state index is 0.0115. The van der Waals surface area contributed by atoms with Crippen molar-refractivity contribution in [1.29, 1.82) is 5.26 Å². The topological polar surface area (TPSA) is 74.2 Å². The molecule has 2 rings (SSSR count). The SMILES string of the molecule is CCNC1CCc2c(OCC(=O)NCC#N)cccc21. The highest BCUT2D eigenvalue weighted by molar-refractivity contribution is 5.77. The number of carbonyl (C=O) groups excluding carboxylic acids is 1. The first-order chi connectivity index (χ1) is 9.76. The van der Waals surface area contributed by atoms with E-state index in [-0.39, 0.29) is 19.1 Å². The maximum absolute atomic E-state index is 11.4. The van der Waals surface area contributed by atoms with Gasteiger partial charge in [0.05, 0.1) is 6.07 Å². The number of ether oxygens (including phenoxy) is 1. The number of nitriles is 1. The molecule has 1 unspecified atom stereocenters. The molecule has 2 N–H and O–H groups in total. The molecule has 1 aliphatic rings. The molecule has 1 aliphatic carbocycles. The lowest BCUT2D eigenvalue weighted by Gasteiger charge is -2.14. The number of hydrogen-bond acceptors (Lipinski definition) is 4. The Hall–Kier alpha value is -2.06. The smallest absolute Gasteiger partial charge is 0.258 e. The summed E-state index contributed by atoms with van der Waals surface area (Å²) >= 11 is 0. The van der Waals surface area contributed by atoms with Crippen molar-refractivity contribution in [2.45, 2.75) is 25.8 Å². The first-order valence-electron chi connectivity index (χ1n) is 6.88. The Balaban J connectivity index is 2.00. The van der Waals surface area contributed by atoms with Gasteiger partial charge in [-0.25, -0.2) is 0 Å². The lowest BCUT2D eigenvalue weighted by atomic mass is 10.1. The van der Waals surface area contributed by atoms with Crippen molar-refractivity contribution < 1.29 is 9.53 Å². The zero-order valence-electron chi connectivity index (χ0n) is 11.6. The standard InChI is InChI=1S/C15H19N3O2/c1-2-17-13-7-6-12-11(13)4-3-5-14(12)20-10-15(19)18-9-8-16/h3-5,13,17H,2,6-7,9-10H2,1H3,(H,18,19). The normalized spacial score (nSPS) is 16.3. The van der Waals surface area contributed by atoms with Crippen molar-refractivity contribution >= 4 is 5.91 Å². The highest BCUT2D eigenvalue weighted by atomic mass is 16.5. The molecule has 0 aliphatic heterocycles. The van der Waals surface area contributed by atoms with Gasteiger partial charge in [0.1, 0.15) is 12.3 Å². The van der Waals surface area contributed by atoms with E-state index in [0.29, 0.717) is 6.04 Å². The summed E-state index contributed by atoms with van der Waals surface area (Å²) in [5.74, 6) is 0.500. The summed E-state index contributed by atoms with van der Waals surface area (Å²) in [5, 5.41) is 14.3. The minimum Gasteiger partial charge on any atom is -0.483 e. The molecule has 1 amide bonds. The van der Waals surface area contributed by atoms with Crippen LogP contribution in [0.1, 0.15) is 30.5 Å². The van der Waals surface area contributed by atoms with Gasteiger partial charge in [-0.05, 0) is 36.6 Å². The van der Waals surface area contributed by atoms with Gasteiger partial charge in [0.2, 0.25) is 0 Å². The molecule has 106 valence electrons. The predicted molar refractivity (Wildman–Crippen MR) is 75.3 cm³/mol. The Labute approximate surface area is 118 Å². The molecule has 0 bridgehead atoms. The quantitative estimate of drug-likeness (QED) is 0.766. The van der Waals surface area contributed by atoms with Gasteiger partial charge < -0.3 is 15.4 Å². The van der Waals surface area contributed by atoms with Gasteiger partial charge >= 0.3 is 0 Å². The number of nitrogens with zero attached hydrogens (tertiary/aromatic N) is 1. The molecule has 0 fully saturated rings. The Morgan fingerprint density at radius 3 is 3.15 bits per heavy atom. The zero-order chi connectivity index (χ0) is 14.4. The van der Waals surface area contributed by atoms with Gasteiger partial charge in [0.15, 0.2) is 6.61 Å². The largest absolute Gasteiger partial charge is 0.483 e. The molecule has 0 saturated heterocycles. The van der Waals surface area contributed by atoms with Crippen LogP contribution in [-0.2, 0) is 11.2 Å². The maximum Gasteiger partial charge on any atom is 0.258 e. The number of nitrogens with one attached hydrogen (secondary N) is 2. The van der Waals surface area contributed by atoms with Crippen LogP contribution in [0.2, 0.25) is 0 Å². The van der Waals surface area contributed by atoms with Crippen molar-refractivity contribution in [1.82, 2.24) is 10.6 Å². The maximum atomic E-state index is 11.4. The Kier molecular flexibility index (Phi) is 4.97. The zero-order valence-corrected chi connectivity index (χ0v) is 11.6. The Bertz CT molecular complexity index is 522. The molecule has 0 saturated carbocycles. The van der Waals surface area contributed by atoms with Gasteiger partial charge in [-0.2, -0.15) is 5.26 Å². The average molecular weight is 273 g/mol. The molecule has 0 heterocycles. The summed E-state index contributed by atoms with van der Waals surface area (Å²) in [5.41, 5.74) is 2.45. The number of benzene rings is 1. The summed E-state index contributed by atoms with van der Waals surface area (Å²) in [7, 11) is 0. The lowest BCUT2D eigenvalue weighted by Crippen LogP contribution is -2.29. The fourth-order valence-electron chi connectivity index (χ4n) is 2.55. The fraction of sp³-hybridized carbons (Fsp3) is 0.467. The van der Waals surface area contributed by atoms with Gasteiger partial charge in [0.25, 0.3) is 5.91 Å². The number of rotatable bonds is 6. The van der Waals surface area contributed by atoms with Crippen LogP contribution in [0.25, 0.3) is 0 Å². The third kappa shape index (κ3) is 3.28. The molecule has 1 aromatic rings.